The van der Waals surface area contributed by atoms with E-state index >= 15 is 0 Å². The zero-order chi connectivity index (χ0) is 12.1. The van der Waals surface area contributed by atoms with Crippen LogP contribution in [-0.2, 0) is 11.8 Å². The Morgan fingerprint density at radius 1 is 1.35 bits per heavy atom. The van der Waals surface area contributed by atoms with Crippen LogP contribution in [0.2, 0.25) is 0 Å². The number of aromatic nitrogens is 1. The molecule has 0 spiro atoms. The lowest BCUT2D eigenvalue weighted by atomic mass is 10.2. The fourth-order valence-electron chi connectivity index (χ4n) is 1.54. The molecule has 17 heavy (non-hydrogen) atoms. The summed E-state index contributed by atoms with van der Waals surface area (Å²) in [5.74, 6) is 0.878. The SMILES string of the molecule is Cc1ccc(OCCc2ccsc2)c(CBr)n1. The van der Waals surface area contributed by atoms with Gasteiger partial charge in [-0.25, -0.2) is 0 Å². The normalized spacial score (nSPS) is 10.5. The number of rotatable bonds is 5. The van der Waals surface area contributed by atoms with Crippen LogP contribution in [0.4, 0.5) is 0 Å². The summed E-state index contributed by atoms with van der Waals surface area (Å²) in [5, 5.41) is 4.97. The molecule has 2 aromatic rings. The first-order valence-corrected chi connectivity index (χ1v) is 7.52. The second-order valence-electron chi connectivity index (χ2n) is 3.76. The number of halogens is 1. The molecule has 2 heterocycles. The van der Waals surface area contributed by atoms with Crippen LogP contribution in [0.3, 0.4) is 0 Å². The zero-order valence-corrected chi connectivity index (χ0v) is 12.1. The van der Waals surface area contributed by atoms with Crippen molar-refractivity contribution in [2.24, 2.45) is 0 Å². The van der Waals surface area contributed by atoms with Gasteiger partial charge < -0.3 is 4.74 Å². The van der Waals surface area contributed by atoms with Gasteiger partial charge in [0.2, 0.25) is 0 Å². The van der Waals surface area contributed by atoms with Crippen molar-refractivity contribution >= 4 is 27.3 Å². The molecule has 0 N–H and O–H groups in total. The Kier molecular flexibility index (Phi) is 4.57. The topological polar surface area (TPSA) is 22.1 Å². The van der Waals surface area contributed by atoms with Crippen LogP contribution in [0.1, 0.15) is 17.0 Å². The molecule has 0 unspecified atom stereocenters. The van der Waals surface area contributed by atoms with Gasteiger partial charge in [-0.15, -0.1) is 0 Å². The Balaban J connectivity index is 1.94. The summed E-state index contributed by atoms with van der Waals surface area (Å²) >= 11 is 5.15. The summed E-state index contributed by atoms with van der Waals surface area (Å²) in [6, 6.07) is 6.10. The standard InChI is InChI=1S/C13H14BrNOS/c1-10-2-3-13(12(8-14)15-10)16-6-4-11-5-7-17-9-11/h2-3,5,7,9H,4,6,8H2,1H3. The summed E-state index contributed by atoms with van der Waals surface area (Å²) < 4.78 is 5.77. The van der Waals surface area contributed by atoms with Crippen LogP contribution in [0.25, 0.3) is 0 Å². The molecule has 0 saturated carbocycles. The highest BCUT2D eigenvalue weighted by Gasteiger charge is 2.04. The van der Waals surface area contributed by atoms with Gasteiger partial charge >= 0.3 is 0 Å². The third-order valence-corrected chi connectivity index (χ3v) is 3.69. The monoisotopic (exact) mass is 311 g/mol. The molecule has 2 aromatic heterocycles. The minimum absolute atomic E-state index is 0.696. The molecule has 0 atom stereocenters. The molecule has 0 aliphatic carbocycles. The summed E-state index contributed by atoms with van der Waals surface area (Å²) in [4.78, 5) is 4.44. The van der Waals surface area contributed by atoms with Gasteiger partial charge in [0.15, 0.2) is 0 Å². The number of ether oxygens (including phenoxy) is 1. The number of hydrogen-bond donors (Lipinski definition) is 0. The number of hydrogen-bond acceptors (Lipinski definition) is 3. The first-order valence-electron chi connectivity index (χ1n) is 5.46. The average molecular weight is 312 g/mol. The predicted octanol–water partition coefficient (Wildman–Crippen LogP) is 3.97. The van der Waals surface area contributed by atoms with Gasteiger partial charge in [-0.2, -0.15) is 11.3 Å². The highest BCUT2D eigenvalue weighted by molar-refractivity contribution is 9.08. The molecule has 0 amide bonds. The van der Waals surface area contributed by atoms with Gasteiger partial charge in [-0.1, -0.05) is 15.9 Å². The Labute approximate surface area is 114 Å². The number of alkyl halides is 1. The number of thiophene rings is 1. The quantitative estimate of drug-likeness (QED) is 0.780. The molecular formula is C13H14BrNOS. The van der Waals surface area contributed by atoms with Gasteiger partial charge in [-0.05, 0) is 41.4 Å². The minimum atomic E-state index is 0.696. The maximum atomic E-state index is 5.77. The molecule has 90 valence electrons. The highest BCUT2D eigenvalue weighted by atomic mass is 79.9. The third-order valence-electron chi connectivity index (χ3n) is 2.43. The van der Waals surface area contributed by atoms with Crippen molar-refractivity contribution in [1.29, 1.82) is 0 Å². The van der Waals surface area contributed by atoms with E-state index < -0.39 is 0 Å². The van der Waals surface area contributed by atoms with Gasteiger partial charge in [0.25, 0.3) is 0 Å². The molecular weight excluding hydrogens is 298 g/mol. The van der Waals surface area contributed by atoms with Crippen LogP contribution < -0.4 is 4.74 Å². The van der Waals surface area contributed by atoms with Crippen molar-refractivity contribution in [3.05, 3.63) is 45.9 Å². The molecule has 0 fully saturated rings. The second kappa shape index (κ2) is 6.17. The molecule has 2 rings (SSSR count). The summed E-state index contributed by atoms with van der Waals surface area (Å²) in [5.41, 5.74) is 3.32. The van der Waals surface area contributed by atoms with E-state index in [-0.39, 0.29) is 0 Å². The van der Waals surface area contributed by atoms with E-state index in [9.17, 15) is 0 Å². The maximum absolute atomic E-state index is 5.77. The van der Waals surface area contributed by atoms with Crippen LogP contribution in [0, 0.1) is 6.92 Å². The molecule has 2 nitrogen and oxygen atoms in total. The van der Waals surface area contributed by atoms with Crippen molar-refractivity contribution in [2.45, 2.75) is 18.7 Å². The van der Waals surface area contributed by atoms with Crippen molar-refractivity contribution < 1.29 is 4.74 Å². The van der Waals surface area contributed by atoms with Crippen LogP contribution in [0.5, 0.6) is 5.75 Å². The van der Waals surface area contributed by atoms with E-state index in [0.29, 0.717) is 6.61 Å². The Bertz CT molecular complexity index is 470. The van der Waals surface area contributed by atoms with Crippen molar-refractivity contribution in [3.63, 3.8) is 0 Å². The molecule has 4 heteroatoms. The van der Waals surface area contributed by atoms with Gasteiger partial charge in [0, 0.05) is 17.4 Å². The second-order valence-corrected chi connectivity index (χ2v) is 5.10. The van der Waals surface area contributed by atoms with E-state index in [4.69, 9.17) is 4.74 Å². The summed E-state index contributed by atoms with van der Waals surface area (Å²) in [6.45, 7) is 2.68. The Hall–Kier alpha value is -0.870. The van der Waals surface area contributed by atoms with Crippen LogP contribution >= 0.6 is 27.3 Å². The van der Waals surface area contributed by atoms with Crippen LogP contribution in [-0.4, -0.2) is 11.6 Å². The Morgan fingerprint density at radius 2 is 2.24 bits per heavy atom. The fourth-order valence-corrected chi connectivity index (χ4v) is 2.64. The third kappa shape index (κ3) is 3.54. The number of pyridine rings is 1. The predicted molar refractivity (Wildman–Crippen MR) is 75.1 cm³/mol. The average Bonchev–Trinajstić information content (AvgIpc) is 2.84. The lowest BCUT2D eigenvalue weighted by Crippen LogP contribution is -2.03. The molecule has 0 aliphatic rings. The first-order chi connectivity index (χ1) is 8.29. The van der Waals surface area contributed by atoms with Gasteiger partial charge in [0.05, 0.1) is 12.3 Å². The minimum Gasteiger partial charge on any atom is -0.491 e. The largest absolute Gasteiger partial charge is 0.491 e. The first kappa shape index (κ1) is 12.6. The summed E-state index contributed by atoms with van der Waals surface area (Å²) in [7, 11) is 0. The van der Waals surface area contributed by atoms with Crippen molar-refractivity contribution in [3.8, 4) is 5.75 Å². The number of aryl methyl sites for hydroxylation is 1. The lowest BCUT2D eigenvalue weighted by Gasteiger charge is -2.09. The van der Waals surface area contributed by atoms with E-state index in [2.05, 4.69) is 37.7 Å². The lowest BCUT2D eigenvalue weighted by molar-refractivity contribution is 0.318. The molecule has 0 aromatic carbocycles. The van der Waals surface area contributed by atoms with Crippen molar-refractivity contribution in [1.82, 2.24) is 4.98 Å². The van der Waals surface area contributed by atoms with Gasteiger partial charge in [0.1, 0.15) is 5.75 Å². The zero-order valence-electron chi connectivity index (χ0n) is 9.65. The smallest absolute Gasteiger partial charge is 0.141 e. The van der Waals surface area contributed by atoms with E-state index in [0.717, 1.165) is 28.9 Å². The fraction of sp³-hybridized carbons (Fsp3) is 0.308. The van der Waals surface area contributed by atoms with E-state index in [1.165, 1.54) is 5.56 Å². The molecule has 0 bridgehead atoms. The van der Waals surface area contributed by atoms with Crippen LogP contribution in [0.15, 0.2) is 29.0 Å². The van der Waals surface area contributed by atoms with E-state index in [1.54, 1.807) is 11.3 Å². The van der Waals surface area contributed by atoms with E-state index in [1.807, 2.05) is 19.1 Å². The van der Waals surface area contributed by atoms with Crippen molar-refractivity contribution in [2.75, 3.05) is 6.61 Å². The van der Waals surface area contributed by atoms with Gasteiger partial charge in [-0.3, -0.25) is 4.98 Å². The molecule has 0 saturated heterocycles. The Morgan fingerprint density at radius 3 is 2.94 bits per heavy atom. The number of nitrogens with zero attached hydrogens (tertiary/aromatic N) is 1. The molecule has 0 aliphatic heterocycles. The highest BCUT2D eigenvalue weighted by Crippen LogP contribution is 2.19. The molecule has 0 radical (unpaired) electrons. The maximum Gasteiger partial charge on any atom is 0.141 e. The summed E-state index contributed by atoms with van der Waals surface area (Å²) in [6.07, 6.45) is 0.944.